The maximum atomic E-state index is 10.7. The molecule has 0 heterocycles. The molecule has 0 fully saturated rings. The highest BCUT2D eigenvalue weighted by Gasteiger charge is 2.17. The molecule has 0 aromatic rings. The molecule has 2 N–H and O–H groups in total. The van der Waals surface area contributed by atoms with Crippen molar-refractivity contribution in [1.29, 1.82) is 0 Å². The Balaban J connectivity index is 4.30. The van der Waals surface area contributed by atoms with E-state index in [2.05, 4.69) is 9.05 Å². The molecule has 2 unspecified atom stereocenters. The topological polar surface area (TPSA) is 127 Å². The van der Waals surface area contributed by atoms with Crippen molar-refractivity contribution in [1.82, 2.24) is 0 Å². The lowest BCUT2D eigenvalue weighted by molar-refractivity contribution is -0.132. The molecule has 92 valence electrons. The number of carbonyl (C=O) groups is 2. The molecule has 10 heteroatoms. The highest BCUT2D eigenvalue weighted by atomic mass is 31.2. The van der Waals surface area contributed by atoms with E-state index in [1.54, 1.807) is 0 Å². The summed E-state index contributed by atoms with van der Waals surface area (Å²) in [5, 5.41) is 0. The molecule has 0 saturated heterocycles. The summed E-state index contributed by atoms with van der Waals surface area (Å²) < 4.78 is 29.1. The molecule has 0 amide bonds. The van der Waals surface area contributed by atoms with Gasteiger partial charge in [0.15, 0.2) is 0 Å². The van der Waals surface area contributed by atoms with Crippen LogP contribution in [-0.4, -0.2) is 35.1 Å². The zero-order valence-electron chi connectivity index (χ0n) is 8.39. The van der Waals surface area contributed by atoms with Crippen LogP contribution in [0.25, 0.3) is 0 Å². The molecule has 0 aromatic carbocycles. The van der Waals surface area contributed by atoms with Gasteiger partial charge in [-0.3, -0.25) is 0 Å². The number of rotatable bonds is 4. The van der Waals surface area contributed by atoms with Crippen LogP contribution in [0, 0.1) is 0 Å². The van der Waals surface area contributed by atoms with E-state index in [4.69, 9.17) is 9.79 Å². The second-order valence-electron chi connectivity index (χ2n) is 2.76. The van der Waals surface area contributed by atoms with Crippen LogP contribution < -0.4 is 0 Å². The van der Waals surface area contributed by atoms with E-state index in [-0.39, 0.29) is 0 Å². The average molecular weight is 272 g/mol. The minimum Gasteiger partial charge on any atom is -0.389 e. The van der Waals surface area contributed by atoms with E-state index in [1.165, 1.54) is 0 Å². The van der Waals surface area contributed by atoms with Gasteiger partial charge in [0.25, 0.3) is 0 Å². The van der Waals surface area contributed by atoms with Gasteiger partial charge in [-0.1, -0.05) is 0 Å². The Hall–Kier alpha value is -0.940. The van der Waals surface area contributed by atoms with Crippen molar-refractivity contribution in [2.24, 2.45) is 0 Å². The molecule has 0 rings (SSSR count). The predicted molar refractivity (Wildman–Crippen MR) is 52.8 cm³/mol. The summed E-state index contributed by atoms with van der Waals surface area (Å²) in [5.41, 5.74) is 0. The highest BCUT2D eigenvalue weighted by Crippen LogP contribution is 2.37. The third-order valence-electron chi connectivity index (χ3n) is 0.874. The van der Waals surface area contributed by atoms with Crippen molar-refractivity contribution in [3.63, 3.8) is 0 Å². The maximum Gasteiger partial charge on any atom is 0.375 e. The zero-order valence-corrected chi connectivity index (χ0v) is 10.2. The largest absolute Gasteiger partial charge is 0.389 e. The second-order valence-corrected chi connectivity index (χ2v) is 6.34. The third-order valence-corrected chi connectivity index (χ3v) is 1.91. The van der Waals surface area contributed by atoms with Gasteiger partial charge in [-0.05, 0) is 0 Å². The number of hydrogen-bond donors (Lipinski definition) is 2. The van der Waals surface area contributed by atoms with Gasteiger partial charge in [-0.2, -0.15) is 0 Å². The SMILES string of the molecule is CP(=O)(O)OC(=O)/C=C\C(=O)OP(C)(=O)O. The van der Waals surface area contributed by atoms with E-state index in [0.717, 1.165) is 13.3 Å². The third kappa shape index (κ3) is 9.61. The molecule has 8 nitrogen and oxygen atoms in total. The fourth-order valence-corrected chi connectivity index (χ4v) is 1.32. The van der Waals surface area contributed by atoms with E-state index >= 15 is 0 Å². The fraction of sp³-hybridized carbons (Fsp3) is 0.333. The summed E-state index contributed by atoms with van der Waals surface area (Å²) in [6, 6.07) is 0. The van der Waals surface area contributed by atoms with Gasteiger partial charge in [0.2, 0.25) is 0 Å². The first-order valence-electron chi connectivity index (χ1n) is 3.75. The van der Waals surface area contributed by atoms with Crippen LogP contribution in [0.15, 0.2) is 12.2 Å². The smallest absolute Gasteiger partial charge is 0.375 e. The van der Waals surface area contributed by atoms with Crippen LogP contribution in [-0.2, 0) is 27.8 Å². The Bertz CT molecular complexity index is 361. The summed E-state index contributed by atoms with van der Waals surface area (Å²) in [5.74, 6) is -2.48. The van der Waals surface area contributed by atoms with Crippen molar-refractivity contribution in [3.05, 3.63) is 12.2 Å². The fourth-order valence-electron chi connectivity index (χ4n) is 0.531. The quantitative estimate of drug-likeness (QED) is 0.551. The van der Waals surface area contributed by atoms with Crippen LogP contribution in [0.5, 0.6) is 0 Å². The molecule has 0 spiro atoms. The first kappa shape index (κ1) is 15.1. The van der Waals surface area contributed by atoms with Crippen molar-refractivity contribution in [2.75, 3.05) is 13.3 Å². The summed E-state index contributed by atoms with van der Waals surface area (Å²) in [6.07, 6.45) is 1.01. The molecular weight excluding hydrogens is 262 g/mol. The predicted octanol–water partition coefficient (Wildman–Crippen LogP) is 0.259. The van der Waals surface area contributed by atoms with E-state index in [9.17, 15) is 18.7 Å². The maximum absolute atomic E-state index is 10.7. The highest BCUT2D eigenvalue weighted by molar-refractivity contribution is 7.52. The van der Waals surface area contributed by atoms with Crippen molar-refractivity contribution < 1.29 is 37.6 Å². The van der Waals surface area contributed by atoms with Gasteiger partial charge in [0.1, 0.15) is 0 Å². The van der Waals surface area contributed by atoms with Crippen LogP contribution in [0.2, 0.25) is 0 Å². The molecule has 0 aliphatic rings. The van der Waals surface area contributed by atoms with Crippen LogP contribution in [0.1, 0.15) is 0 Å². The number of hydrogen-bond acceptors (Lipinski definition) is 6. The Morgan fingerprint density at radius 2 is 1.19 bits per heavy atom. The summed E-state index contributed by atoms with van der Waals surface area (Å²) in [7, 11) is -7.96. The lowest BCUT2D eigenvalue weighted by Gasteiger charge is -2.04. The molecule has 0 saturated carbocycles. The lowest BCUT2D eigenvalue weighted by atomic mass is 10.5. The number of carbonyl (C=O) groups excluding carboxylic acids is 2. The summed E-state index contributed by atoms with van der Waals surface area (Å²) in [6.45, 7) is 1.57. The first-order valence-corrected chi connectivity index (χ1v) is 7.80. The Kier molecular flexibility index (Phi) is 5.09. The minimum atomic E-state index is -3.98. The molecule has 0 bridgehead atoms. The van der Waals surface area contributed by atoms with Crippen molar-refractivity contribution in [2.45, 2.75) is 0 Å². The van der Waals surface area contributed by atoms with Gasteiger partial charge in [0.05, 0.1) is 0 Å². The molecular formula is C6H10O8P2. The standard InChI is InChI=1S/C6H10O8P2/c1-15(9,10)13-5(7)3-4-6(8)14-16(2,11)12/h3-4H,1-2H3,(H,9,10)(H,11,12)/b4-3-. The summed E-state index contributed by atoms with van der Waals surface area (Å²) >= 11 is 0. The van der Waals surface area contributed by atoms with Gasteiger partial charge in [-0.15, -0.1) is 0 Å². The van der Waals surface area contributed by atoms with Crippen LogP contribution in [0.3, 0.4) is 0 Å². The lowest BCUT2D eigenvalue weighted by Crippen LogP contribution is -2.01. The molecule has 2 atom stereocenters. The zero-order chi connectivity index (χ0) is 13.0. The normalized spacial score (nSPS) is 18.5. The van der Waals surface area contributed by atoms with Crippen LogP contribution >= 0.6 is 15.2 Å². The van der Waals surface area contributed by atoms with Crippen molar-refractivity contribution in [3.8, 4) is 0 Å². The molecule has 0 aliphatic heterocycles. The van der Waals surface area contributed by atoms with E-state index in [0.29, 0.717) is 12.2 Å². The van der Waals surface area contributed by atoms with Gasteiger partial charge < -0.3 is 18.8 Å². The van der Waals surface area contributed by atoms with Gasteiger partial charge >= 0.3 is 27.1 Å². The molecule has 0 aromatic heterocycles. The Morgan fingerprint density at radius 1 is 0.938 bits per heavy atom. The van der Waals surface area contributed by atoms with Gasteiger partial charge in [-0.25, -0.2) is 18.7 Å². The molecule has 16 heavy (non-hydrogen) atoms. The minimum absolute atomic E-state index is 0.504. The Morgan fingerprint density at radius 3 is 1.38 bits per heavy atom. The summed E-state index contributed by atoms with van der Waals surface area (Å²) in [4.78, 5) is 38.7. The van der Waals surface area contributed by atoms with Crippen molar-refractivity contribution >= 4 is 27.1 Å². The first-order chi connectivity index (χ1) is 6.99. The Labute approximate surface area is 90.9 Å². The average Bonchev–Trinajstić information content (AvgIpc) is 1.94. The van der Waals surface area contributed by atoms with Gasteiger partial charge in [0, 0.05) is 25.5 Å². The van der Waals surface area contributed by atoms with Crippen LogP contribution in [0.4, 0.5) is 0 Å². The van der Waals surface area contributed by atoms with E-state index < -0.39 is 27.1 Å². The second kappa shape index (κ2) is 5.41. The van der Waals surface area contributed by atoms with E-state index in [1.807, 2.05) is 0 Å². The molecule has 0 radical (unpaired) electrons. The molecule has 0 aliphatic carbocycles. The monoisotopic (exact) mass is 272 g/mol.